The van der Waals surface area contributed by atoms with E-state index in [-0.39, 0.29) is 18.0 Å². The van der Waals surface area contributed by atoms with Gasteiger partial charge in [-0.3, -0.25) is 5.11 Å². The standard InChI is InChI=1S/C8H16NO/c1-6(2)9(7(3)4)8(5)10/h6-7H,5H2,1-4H3. The zero-order chi connectivity index (χ0) is 8.31. The van der Waals surface area contributed by atoms with Crippen molar-refractivity contribution in [2.45, 2.75) is 39.8 Å². The summed E-state index contributed by atoms with van der Waals surface area (Å²) in [7, 11) is 0. The molecule has 0 saturated heterocycles. The van der Waals surface area contributed by atoms with Crippen molar-refractivity contribution in [3.8, 4) is 0 Å². The molecule has 0 fully saturated rings. The molecule has 0 aliphatic heterocycles. The van der Waals surface area contributed by atoms with E-state index in [0.717, 1.165) is 0 Å². The molecule has 0 aromatic heterocycles. The molecule has 10 heavy (non-hydrogen) atoms. The van der Waals surface area contributed by atoms with Gasteiger partial charge in [-0.25, -0.2) is 0 Å². The van der Waals surface area contributed by atoms with Crippen LogP contribution in [0.4, 0.5) is 0 Å². The average Bonchev–Trinajstić information content (AvgIpc) is 1.59. The summed E-state index contributed by atoms with van der Waals surface area (Å²) in [6.45, 7) is 11.3. The van der Waals surface area contributed by atoms with Crippen LogP contribution in [-0.4, -0.2) is 17.0 Å². The lowest BCUT2D eigenvalue weighted by Crippen LogP contribution is -2.35. The molecule has 0 aromatic rings. The second-order valence-corrected chi connectivity index (χ2v) is 2.99. The van der Waals surface area contributed by atoms with Gasteiger partial charge in [-0.05, 0) is 34.3 Å². The van der Waals surface area contributed by atoms with E-state index in [1.54, 1.807) is 4.90 Å². The molecule has 2 heteroatoms. The Hall–Kier alpha value is -0.660. The Kier molecular flexibility index (Phi) is 3.26. The zero-order valence-corrected chi connectivity index (χ0v) is 7.22. The van der Waals surface area contributed by atoms with Gasteiger partial charge in [-0.2, -0.15) is 0 Å². The summed E-state index contributed by atoms with van der Waals surface area (Å²) in [4.78, 5) is 1.75. The van der Waals surface area contributed by atoms with Gasteiger partial charge in [0.2, 0.25) is 5.88 Å². The van der Waals surface area contributed by atoms with E-state index in [4.69, 9.17) is 0 Å². The number of nitrogens with zero attached hydrogens (tertiary/aromatic N) is 1. The quantitative estimate of drug-likeness (QED) is 0.553. The van der Waals surface area contributed by atoms with Crippen molar-refractivity contribution in [1.29, 1.82) is 0 Å². The van der Waals surface area contributed by atoms with Crippen molar-refractivity contribution in [3.63, 3.8) is 0 Å². The molecular weight excluding hydrogens is 126 g/mol. The first-order valence-electron chi connectivity index (χ1n) is 3.61. The van der Waals surface area contributed by atoms with Crippen molar-refractivity contribution in [3.05, 3.63) is 12.5 Å². The largest absolute Gasteiger partial charge is 0.335 e. The molecule has 0 rings (SSSR count). The van der Waals surface area contributed by atoms with E-state index in [1.165, 1.54) is 0 Å². The van der Waals surface area contributed by atoms with E-state index in [9.17, 15) is 5.11 Å². The van der Waals surface area contributed by atoms with E-state index in [1.807, 2.05) is 27.7 Å². The van der Waals surface area contributed by atoms with Gasteiger partial charge < -0.3 is 4.90 Å². The molecule has 0 aliphatic carbocycles. The van der Waals surface area contributed by atoms with Crippen molar-refractivity contribution in [2.75, 3.05) is 0 Å². The second kappa shape index (κ2) is 3.49. The van der Waals surface area contributed by atoms with Crippen molar-refractivity contribution < 1.29 is 5.11 Å². The van der Waals surface area contributed by atoms with Gasteiger partial charge in [0.25, 0.3) is 0 Å². The predicted octanol–water partition coefficient (Wildman–Crippen LogP) is 2.01. The normalized spacial score (nSPS) is 10.6. The molecule has 1 radical (unpaired) electrons. The summed E-state index contributed by atoms with van der Waals surface area (Å²) in [5, 5.41) is 10.8. The summed E-state index contributed by atoms with van der Waals surface area (Å²) in [6, 6.07) is 0.509. The molecule has 0 aromatic carbocycles. The van der Waals surface area contributed by atoms with Crippen LogP contribution in [0.5, 0.6) is 0 Å². The van der Waals surface area contributed by atoms with E-state index in [2.05, 4.69) is 6.58 Å². The van der Waals surface area contributed by atoms with Crippen LogP contribution >= 0.6 is 0 Å². The smallest absolute Gasteiger partial charge is 0.239 e. The molecule has 0 N–H and O–H groups in total. The van der Waals surface area contributed by atoms with Crippen LogP contribution in [0, 0.1) is 0 Å². The van der Waals surface area contributed by atoms with Crippen LogP contribution in [-0.2, 0) is 5.11 Å². The topological polar surface area (TPSA) is 23.1 Å². The lowest BCUT2D eigenvalue weighted by Gasteiger charge is -2.29. The average molecular weight is 142 g/mol. The predicted molar refractivity (Wildman–Crippen MR) is 41.9 cm³/mol. The second-order valence-electron chi connectivity index (χ2n) is 2.99. The summed E-state index contributed by atoms with van der Waals surface area (Å²) in [5.74, 6) is -0.0926. The monoisotopic (exact) mass is 142 g/mol. The number of rotatable bonds is 3. The summed E-state index contributed by atoms with van der Waals surface area (Å²) < 4.78 is 0. The fraction of sp³-hybridized carbons (Fsp3) is 0.750. The third kappa shape index (κ3) is 2.29. The van der Waals surface area contributed by atoms with Gasteiger partial charge in [0.1, 0.15) is 0 Å². The first-order valence-corrected chi connectivity index (χ1v) is 3.61. The minimum Gasteiger partial charge on any atom is -0.335 e. The highest BCUT2D eigenvalue weighted by atomic mass is 16.3. The van der Waals surface area contributed by atoms with Crippen molar-refractivity contribution >= 4 is 0 Å². The van der Waals surface area contributed by atoms with E-state index < -0.39 is 0 Å². The molecule has 0 spiro atoms. The highest BCUT2D eigenvalue weighted by Gasteiger charge is 2.14. The molecule has 0 amide bonds. The van der Waals surface area contributed by atoms with E-state index >= 15 is 0 Å². The lowest BCUT2D eigenvalue weighted by atomic mass is 10.2. The Bertz CT molecular complexity index is 110. The lowest BCUT2D eigenvalue weighted by molar-refractivity contribution is 0.0974. The van der Waals surface area contributed by atoms with Gasteiger partial charge in [0.15, 0.2) is 0 Å². The van der Waals surface area contributed by atoms with Gasteiger partial charge in [-0.1, -0.05) is 0 Å². The third-order valence-corrected chi connectivity index (χ3v) is 1.40. The first kappa shape index (κ1) is 9.34. The zero-order valence-electron chi connectivity index (χ0n) is 7.22. The third-order valence-electron chi connectivity index (χ3n) is 1.40. The number of hydrogen-bond donors (Lipinski definition) is 0. The molecule has 0 aliphatic rings. The van der Waals surface area contributed by atoms with Crippen molar-refractivity contribution in [2.24, 2.45) is 0 Å². The number of hydrogen-bond acceptors (Lipinski definition) is 1. The van der Waals surface area contributed by atoms with Gasteiger partial charge in [0.05, 0.1) is 0 Å². The molecular formula is C8H16NO. The molecule has 0 bridgehead atoms. The molecule has 0 saturated carbocycles. The maximum Gasteiger partial charge on any atom is 0.239 e. The summed E-state index contributed by atoms with van der Waals surface area (Å²) >= 11 is 0. The minimum atomic E-state index is -0.0926. The Morgan fingerprint density at radius 2 is 1.50 bits per heavy atom. The van der Waals surface area contributed by atoms with Crippen LogP contribution < -0.4 is 0 Å². The van der Waals surface area contributed by atoms with Crippen LogP contribution in [0.25, 0.3) is 0 Å². The fourth-order valence-corrected chi connectivity index (χ4v) is 1.17. The fourth-order valence-electron chi connectivity index (χ4n) is 1.17. The maximum atomic E-state index is 10.8. The van der Waals surface area contributed by atoms with Gasteiger partial charge in [-0.15, -0.1) is 0 Å². The molecule has 0 unspecified atom stereocenters. The molecule has 0 atom stereocenters. The van der Waals surface area contributed by atoms with Gasteiger partial charge >= 0.3 is 0 Å². The summed E-state index contributed by atoms with van der Waals surface area (Å²) in [6.07, 6.45) is 0. The Balaban J connectivity index is 4.12. The molecule has 2 nitrogen and oxygen atoms in total. The van der Waals surface area contributed by atoms with E-state index in [0.29, 0.717) is 0 Å². The Morgan fingerprint density at radius 3 is 1.50 bits per heavy atom. The Morgan fingerprint density at radius 1 is 1.20 bits per heavy atom. The first-order chi connectivity index (χ1) is 4.46. The van der Waals surface area contributed by atoms with Crippen LogP contribution in [0.15, 0.2) is 12.5 Å². The highest BCUT2D eigenvalue weighted by molar-refractivity contribution is 4.85. The summed E-state index contributed by atoms with van der Waals surface area (Å²) in [5.41, 5.74) is 0. The van der Waals surface area contributed by atoms with Crippen molar-refractivity contribution in [1.82, 2.24) is 4.90 Å². The SMILES string of the molecule is C=C([O])N(C(C)C)C(C)C. The molecule has 0 heterocycles. The maximum absolute atomic E-state index is 10.8. The van der Waals surface area contributed by atoms with Crippen LogP contribution in [0.2, 0.25) is 0 Å². The minimum absolute atomic E-state index is 0.0926. The van der Waals surface area contributed by atoms with Crippen LogP contribution in [0.1, 0.15) is 27.7 Å². The Labute approximate surface area is 63.2 Å². The molecule has 59 valence electrons. The van der Waals surface area contributed by atoms with Crippen LogP contribution in [0.3, 0.4) is 0 Å². The van der Waals surface area contributed by atoms with Gasteiger partial charge in [0, 0.05) is 12.1 Å². The highest BCUT2D eigenvalue weighted by Crippen LogP contribution is 2.09.